The number of hydrazone groups is 1. The molecule has 1 unspecified atom stereocenters. The number of methoxy groups -OCH3 is 1. The van der Waals surface area contributed by atoms with E-state index in [2.05, 4.69) is 20.7 Å². The Morgan fingerprint density at radius 3 is 3.17 bits per heavy atom. The van der Waals surface area contributed by atoms with Crippen LogP contribution in [0.5, 0.6) is 11.5 Å². The van der Waals surface area contributed by atoms with Gasteiger partial charge in [-0.05, 0) is 0 Å². The summed E-state index contributed by atoms with van der Waals surface area (Å²) >= 11 is 0.762. The zero-order chi connectivity index (χ0) is 16.5. The number of amides is 1. The van der Waals surface area contributed by atoms with Crippen LogP contribution < -0.4 is 10.2 Å². The van der Waals surface area contributed by atoms with Crippen molar-refractivity contribution >= 4 is 36.1 Å². The Morgan fingerprint density at radius 2 is 2.43 bits per heavy atom. The molecule has 1 aliphatic rings. The summed E-state index contributed by atoms with van der Waals surface area (Å²) in [7, 11) is 3.59. The molecule has 2 N–H and O–H groups in total. The number of ether oxygens (including phenoxy) is 1. The SMILES string of the molecule is COc1cc(/C=N/NC(=O)CCCCC2CCS[Se]2)ccc1O. The fraction of sp³-hybridized carbons (Fsp3) is 0.500. The van der Waals surface area contributed by atoms with E-state index in [1.54, 1.807) is 12.1 Å². The summed E-state index contributed by atoms with van der Waals surface area (Å²) in [4.78, 5) is 12.6. The first-order valence-electron chi connectivity index (χ1n) is 7.66. The number of unbranched alkanes of at least 4 members (excludes halogenated alkanes) is 1. The third kappa shape index (κ3) is 6.45. The Morgan fingerprint density at radius 1 is 1.57 bits per heavy atom. The molecule has 2 rings (SSSR count). The van der Waals surface area contributed by atoms with Gasteiger partial charge in [-0.1, -0.05) is 0 Å². The zero-order valence-corrected chi connectivity index (χ0v) is 15.7. The van der Waals surface area contributed by atoms with Crippen molar-refractivity contribution < 1.29 is 14.6 Å². The van der Waals surface area contributed by atoms with Crippen molar-refractivity contribution in [3.63, 3.8) is 0 Å². The summed E-state index contributed by atoms with van der Waals surface area (Å²) in [5, 5.41) is 13.4. The molecule has 1 aromatic carbocycles. The van der Waals surface area contributed by atoms with E-state index < -0.39 is 0 Å². The van der Waals surface area contributed by atoms with Crippen LogP contribution >= 0.6 is 10.2 Å². The molecule has 1 saturated heterocycles. The van der Waals surface area contributed by atoms with Gasteiger partial charge in [-0.25, -0.2) is 0 Å². The van der Waals surface area contributed by atoms with Gasteiger partial charge in [0, 0.05) is 0 Å². The molecule has 7 heteroatoms. The number of phenolic OH excluding ortho intramolecular Hbond substituents is 1. The molecular weight excluding hydrogens is 379 g/mol. The van der Waals surface area contributed by atoms with E-state index in [-0.39, 0.29) is 11.7 Å². The van der Waals surface area contributed by atoms with Crippen LogP contribution in [0.1, 0.15) is 37.7 Å². The second-order valence-corrected chi connectivity index (χ2v) is 10.2. The van der Waals surface area contributed by atoms with Gasteiger partial charge in [-0.2, -0.15) is 0 Å². The number of hydrogen-bond donors (Lipinski definition) is 2. The normalized spacial score (nSPS) is 17.5. The number of aromatic hydroxyl groups is 1. The van der Waals surface area contributed by atoms with E-state index in [0.717, 1.165) is 37.1 Å². The minimum Gasteiger partial charge on any atom is -0.504 e. The van der Waals surface area contributed by atoms with Crippen LogP contribution in [0, 0.1) is 0 Å². The average Bonchev–Trinajstić information content (AvgIpc) is 3.06. The molecule has 0 spiro atoms. The molecule has 0 saturated carbocycles. The average molecular weight is 401 g/mol. The number of benzene rings is 1. The van der Waals surface area contributed by atoms with Crippen LogP contribution in [0.25, 0.3) is 0 Å². The first-order chi connectivity index (χ1) is 11.2. The molecule has 1 aliphatic heterocycles. The molecule has 0 radical (unpaired) electrons. The predicted molar refractivity (Wildman–Crippen MR) is 95.4 cm³/mol. The minimum atomic E-state index is -0.0571. The van der Waals surface area contributed by atoms with E-state index in [1.807, 2.05) is 0 Å². The summed E-state index contributed by atoms with van der Waals surface area (Å²) < 4.78 is 5.02. The Hall–Kier alpha value is -1.17. The van der Waals surface area contributed by atoms with Crippen molar-refractivity contribution in [1.82, 2.24) is 5.43 Å². The number of nitrogens with zero attached hydrogens (tertiary/aromatic N) is 1. The maximum absolute atomic E-state index is 11.7. The smallest absolute Gasteiger partial charge is 0.504 e. The number of carbonyl (C=O) groups excluding carboxylic acids is 1. The molecule has 0 aromatic heterocycles. The van der Waals surface area contributed by atoms with Crippen LogP contribution in [0.2, 0.25) is 4.82 Å². The van der Waals surface area contributed by atoms with Crippen LogP contribution in [-0.2, 0) is 4.79 Å². The summed E-state index contributed by atoms with van der Waals surface area (Å²) in [5.41, 5.74) is 3.29. The first-order valence-corrected chi connectivity index (χ1v) is 11.7. The summed E-state index contributed by atoms with van der Waals surface area (Å²) in [5.74, 6) is 1.73. The number of hydrogen-bond acceptors (Lipinski definition) is 5. The predicted octanol–water partition coefficient (Wildman–Crippen LogP) is 2.96. The molecule has 1 heterocycles. The second kappa shape index (κ2) is 9.85. The third-order valence-electron chi connectivity index (χ3n) is 3.51. The van der Waals surface area contributed by atoms with Gasteiger partial charge in [0.2, 0.25) is 0 Å². The molecule has 5 nitrogen and oxygen atoms in total. The Balaban J connectivity index is 1.65. The molecule has 1 amide bonds. The van der Waals surface area contributed by atoms with E-state index in [4.69, 9.17) is 4.74 Å². The van der Waals surface area contributed by atoms with Crippen LogP contribution in [0.3, 0.4) is 0 Å². The fourth-order valence-corrected chi connectivity index (χ4v) is 7.66. The molecule has 23 heavy (non-hydrogen) atoms. The van der Waals surface area contributed by atoms with Crippen LogP contribution in [-0.4, -0.2) is 43.9 Å². The quantitative estimate of drug-likeness (QED) is 0.304. The van der Waals surface area contributed by atoms with Gasteiger partial charge in [0.05, 0.1) is 7.11 Å². The molecule has 1 atom stereocenters. The van der Waals surface area contributed by atoms with E-state index in [1.165, 1.54) is 38.0 Å². The van der Waals surface area contributed by atoms with E-state index in [9.17, 15) is 9.90 Å². The zero-order valence-electron chi connectivity index (χ0n) is 13.2. The van der Waals surface area contributed by atoms with Crippen molar-refractivity contribution in [3.05, 3.63) is 23.8 Å². The number of rotatable bonds is 8. The number of nitrogens with one attached hydrogen (secondary N) is 1. The summed E-state index contributed by atoms with van der Waals surface area (Å²) in [6.07, 6.45) is 6.72. The van der Waals surface area contributed by atoms with Gasteiger partial charge in [0.25, 0.3) is 0 Å². The fourth-order valence-electron chi connectivity index (χ4n) is 2.23. The molecular formula is C16H22N2O3SSe. The second-order valence-electron chi connectivity index (χ2n) is 5.30. The molecule has 1 fully saturated rings. The standard InChI is InChI=1S/C16H22N2O3SSe/c1-21-15-10-12(6-7-14(15)19)11-17-18-16(20)5-3-2-4-13-8-9-22-23-13/h6-7,10-11,13,19H,2-5,8-9H2,1H3,(H,18,20)/b17-11+. The van der Waals surface area contributed by atoms with E-state index in [0.29, 0.717) is 12.2 Å². The summed E-state index contributed by atoms with van der Waals surface area (Å²) in [6, 6.07) is 4.89. The molecule has 0 aliphatic carbocycles. The first kappa shape index (κ1) is 18.2. The summed E-state index contributed by atoms with van der Waals surface area (Å²) in [6.45, 7) is 0. The van der Waals surface area contributed by atoms with Crippen molar-refractivity contribution in [2.45, 2.75) is 36.9 Å². The van der Waals surface area contributed by atoms with Crippen molar-refractivity contribution in [1.29, 1.82) is 0 Å². The van der Waals surface area contributed by atoms with Crippen LogP contribution in [0.4, 0.5) is 0 Å². The van der Waals surface area contributed by atoms with Crippen molar-refractivity contribution in [3.8, 4) is 11.5 Å². The maximum atomic E-state index is 11.7. The van der Waals surface area contributed by atoms with Crippen LogP contribution in [0.15, 0.2) is 23.3 Å². The monoisotopic (exact) mass is 402 g/mol. The van der Waals surface area contributed by atoms with Crippen molar-refractivity contribution in [2.24, 2.45) is 5.10 Å². The Labute approximate surface area is 146 Å². The molecule has 0 bridgehead atoms. The molecule has 1 aromatic rings. The topological polar surface area (TPSA) is 70.9 Å². The third-order valence-corrected chi connectivity index (χ3v) is 8.93. The van der Waals surface area contributed by atoms with E-state index >= 15 is 0 Å². The Bertz CT molecular complexity index is 548. The number of phenols is 1. The van der Waals surface area contributed by atoms with Gasteiger partial charge in [0.15, 0.2) is 5.75 Å². The minimum absolute atomic E-state index is 0.0571. The van der Waals surface area contributed by atoms with Gasteiger partial charge in [-0.15, -0.1) is 0 Å². The Kier molecular flexibility index (Phi) is 7.79. The van der Waals surface area contributed by atoms with Crippen molar-refractivity contribution in [2.75, 3.05) is 12.9 Å². The van der Waals surface area contributed by atoms with Gasteiger partial charge < -0.3 is 9.84 Å². The molecule has 126 valence electrons. The number of carbonyl (C=O) groups is 1. The van der Waals surface area contributed by atoms with Gasteiger partial charge >= 0.3 is 124 Å². The van der Waals surface area contributed by atoms with Gasteiger partial charge in [-0.3, -0.25) is 0 Å². The van der Waals surface area contributed by atoms with Gasteiger partial charge in [0.1, 0.15) is 0 Å².